The molecule has 4 heteroatoms. The van der Waals surface area contributed by atoms with Crippen LogP contribution in [0, 0.1) is 0 Å². The van der Waals surface area contributed by atoms with Gasteiger partial charge in [0.05, 0.1) is 12.1 Å². The average molecular weight is 330 g/mol. The summed E-state index contributed by atoms with van der Waals surface area (Å²) < 4.78 is 6.21. The van der Waals surface area contributed by atoms with Gasteiger partial charge in [-0.2, -0.15) is 0 Å². The number of ether oxygens (including phenoxy) is 1. The van der Waals surface area contributed by atoms with Crippen LogP contribution in [-0.2, 0) is 17.8 Å². The van der Waals surface area contributed by atoms with E-state index in [0.717, 1.165) is 33.7 Å². The number of carbonyl (C=O) groups is 1. The van der Waals surface area contributed by atoms with Gasteiger partial charge >= 0.3 is 0 Å². The van der Waals surface area contributed by atoms with Crippen molar-refractivity contribution in [3.63, 3.8) is 0 Å². The highest BCUT2D eigenvalue weighted by molar-refractivity contribution is 6.03. The molecule has 1 amide bonds. The maximum Gasteiger partial charge on any atom is 0.231 e. The summed E-state index contributed by atoms with van der Waals surface area (Å²) in [7, 11) is 1.80. The second kappa shape index (κ2) is 6.40. The Morgan fingerprint density at radius 2 is 1.92 bits per heavy atom. The van der Waals surface area contributed by atoms with E-state index in [0.29, 0.717) is 13.0 Å². The van der Waals surface area contributed by atoms with Crippen LogP contribution in [0.25, 0.3) is 11.1 Å². The zero-order chi connectivity index (χ0) is 17.2. The van der Waals surface area contributed by atoms with Gasteiger partial charge in [0.2, 0.25) is 5.91 Å². The molecule has 0 N–H and O–H groups in total. The fraction of sp³-hybridized carbons (Fsp3) is 0.143. The molecular formula is C21H18N2O2. The Labute approximate surface area is 146 Å². The summed E-state index contributed by atoms with van der Waals surface area (Å²) in [6.07, 6.45) is 3.93. The molecule has 0 radical (unpaired) electrons. The van der Waals surface area contributed by atoms with E-state index < -0.39 is 0 Å². The highest BCUT2D eigenvalue weighted by Crippen LogP contribution is 2.42. The molecule has 4 nitrogen and oxygen atoms in total. The molecule has 0 spiro atoms. The van der Waals surface area contributed by atoms with Crippen LogP contribution in [0.3, 0.4) is 0 Å². The highest BCUT2D eigenvalue weighted by Gasteiger charge is 2.29. The summed E-state index contributed by atoms with van der Waals surface area (Å²) in [5, 5.41) is 0. The number of nitrogens with zero attached hydrogens (tertiary/aromatic N) is 2. The summed E-state index contributed by atoms with van der Waals surface area (Å²) in [6, 6.07) is 17.9. The summed E-state index contributed by atoms with van der Waals surface area (Å²) >= 11 is 0. The predicted molar refractivity (Wildman–Crippen MR) is 97.6 cm³/mol. The molecular weight excluding hydrogens is 312 g/mol. The van der Waals surface area contributed by atoms with Crippen molar-refractivity contribution in [2.45, 2.75) is 13.0 Å². The third-order valence-corrected chi connectivity index (χ3v) is 4.50. The molecule has 0 fully saturated rings. The standard InChI is InChI=1S/C21H18N2O2/c1-23-19-10-9-17(16-8-5-11-22-13-16)21(18(19)12-20(23)24)25-14-15-6-3-2-4-7-15/h2-11,13H,12,14H2,1H3. The minimum atomic E-state index is 0.0860. The number of aromatic nitrogens is 1. The van der Waals surface area contributed by atoms with Crippen molar-refractivity contribution in [2.75, 3.05) is 11.9 Å². The lowest BCUT2D eigenvalue weighted by atomic mass is 10.0. The van der Waals surface area contributed by atoms with Gasteiger partial charge in [-0.1, -0.05) is 36.4 Å². The van der Waals surface area contributed by atoms with Crippen LogP contribution in [0.4, 0.5) is 5.69 Å². The van der Waals surface area contributed by atoms with Gasteiger partial charge in [0, 0.05) is 36.1 Å². The van der Waals surface area contributed by atoms with Crippen molar-refractivity contribution in [1.82, 2.24) is 4.98 Å². The van der Waals surface area contributed by atoms with Crippen LogP contribution in [0.5, 0.6) is 5.75 Å². The zero-order valence-corrected chi connectivity index (χ0v) is 14.0. The number of anilines is 1. The number of fused-ring (bicyclic) bond motifs is 1. The number of carbonyl (C=O) groups excluding carboxylic acids is 1. The van der Waals surface area contributed by atoms with Crippen LogP contribution < -0.4 is 9.64 Å². The maximum absolute atomic E-state index is 12.2. The predicted octanol–water partition coefficient (Wildman–Crippen LogP) is 3.85. The molecule has 25 heavy (non-hydrogen) atoms. The number of hydrogen-bond acceptors (Lipinski definition) is 3. The fourth-order valence-electron chi connectivity index (χ4n) is 3.15. The molecule has 0 unspecified atom stereocenters. The van der Waals surface area contributed by atoms with Gasteiger partial charge < -0.3 is 9.64 Å². The van der Waals surface area contributed by atoms with Gasteiger partial charge in [0.25, 0.3) is 0 Å². The minimum absolute atomic E-state index is 0.0860. The molecule has 1 aromatic heterocycles. The lowest BCUT2D eigenvalue weighted by Crippen LogP contribution is -2.20. The fourth-order valence-corrected chi connectivity index (χ4v) is 3.15. The Morgan fingerprint density at radius 1 is 1.08 bits per heavy atom. The van der Waals surface area contributed by atoms with Gasteiger partial charge in [0.15, 0.2) is 0 Å². The SMILES string of the molecule is CN1C(=O)Cc2c1ccc(-c1cccnc1)c2OCc1ccccc1. The van der Waals surface area contributed by atoms with E-state index >= 15 is 0 Å². The molecule has 4 rings (SSSR count). The molecule has 3 aromatic rings. The first-order valence-electron chi connectivity index (χ1n) is 8.23. The number of hydrogen-bond donors (Lipinski definition) is 0. The second-order valence-electron chi connectivity index (χ2n) is 6.09. The average Bonchev–Trinajstić information content (AvgIpc) is 2.96. The quantitative estimate of drug-likeness (QED) is 0.730. The van der Waals surface area contributed by atoms with Crippen molar-refractivity contribution in [3.8, 4) is 16.9 Å². The van der Waals surface area contributed by atoms with Gasteiger partial charge in [-0.05, 0) is 23.8 Å². The Hall–Kier alpha value is -3.14. The van der Waals surface area contributed by atoms with Crippen LogP contribution >= 0.6 is 0 Å². The van der Waals surface area contributed by atoms with E-state index in [2.05, 4.69) is 4.98 Å². The third-order valence-electron chi connectivity index (χ3n) is 4.50. The lowest BCUT2D eigenvalue weighted by Gasteiger charge is -2.17. The molecule has 1 aliphatic rings. The first-order valence-corrected chi connectivity index (χ1v) is 8.23. The normalized spacial score (nSPS) is 13.0. The Bertz CT molecular complexity index is 908. The molecule has 0 saturated heterocycles. The number of amides is 1. The molecule has 1 aliphatic heterocycles. The molecule has 2 aromatic carbocycles. The first-order chi connectivity index (χ1) is 12.2. The van der Waals surface area contributed by atoms with Gasteiger partial charge in [-0.25, -0.2) is 0 Å². The smallest absolute Gasteiger partial charge is 0.231 e. The lowest BCUT2D eigenvalue weighted by molar-refractivity contribution is -0.117. The topological polar surface area (TPSA) is 42.4 Å². The maximum atomic E-state index is 12.2. The number of rotatable bonds is 4. The third kappa shape index (κ3) is 2.87. The number of likely N-dealkylation sites (N-methyl/N-ethyl adjacent to an activating group) is 1. The summed E-state index contributed by atoms with van der Waals surface area (Å²) in [5.41, 5.74) is 4.90. The molecule has 0 atom stereocenters. The highest BCUT2D eigenvalue weighted by atomic mass is 16.5. The van der Waals surface area contributed by atoms with E-state index in [-0.39, 0.29) is 5.91 Å². The van der Waals surface area contributed by atoms with Gasteiger partial charge in [-0.3, -0.25) is 9.78 Å². The Balaban J connectivity index is 1.77. The minimum Gasteiger partial charge on any atom is -0.488 e. The van der Waals surface area contributed by atoms with E-state index in [1.165, 1.54) is 0 Å². The van der Waals surface area contributed by atoms with E-state index in [1.54, 1.807) is 18.1 Å². The summed E-state index contributed by atoms with van der Waals surface area (Å²) in [5.74, 6) is 0.856. The zero-order valence-electron chi connectivity index (χ0n) is 14.0. The molecule has 2 heterocycles. The van der Waals surface area contributed by atoms with Gasteiger partial charge in [-0.15, -0.1) is 0 Å². The van der Waals surface area contributed by atoms with Crippen molar-refractivity contribution in [3.05, 3.63) is 78.1 Å². The second-order valence-corrected chi connectivity index (χ2v) is 6.09. The van der Waals surface area contributed by atoms with Crippen LogP contribution in [0.2, 0.25) is 0 Å². The Kier molecular flexibility index (Phi) is 3.94. The summed E-state index contributed by atoms with van der Waals surface area (Å²) in [4.78, 5) is 18.1. The van der Waals surface area contributed by atoms with Crippen molar-refractivity contribution in [1.29, 1.82) is 0 Å². The van der Waals surface area contributed by atoms with E-state index in [4.69, 9.17) is 4.74 Å². The first kappa shape index (κ1) is 15.4. The number of benzene rings is 2. The number of pyridine rings is 1. The monoisotopic (exact) mass is 330 g/mol. The van der Waals surface area contributed by atoms with Crippen molar-refractivity contribution >= 4 is 11.6 Å². The van der Waals surface area contributed by atoms with Crippen LogP contribution in [0.15, 0.2) is 67.0 Å². The largest absolute Gasteiger partial charge is 0.488 e. The van der Waals surface area contributed by atoms with E-state index in [1.807, 2.05) is 60.8 Å². The van der Waals surface area contributed by atoms with Crippen LogP contribution in [0.1, 0.15) is 11.1 Å². The van der Waals surface area contributed by atoms with Gasteiger partial charge in [0.1, 0.15) is 12.4 Å². The molecule has 0 aliphatic carbocycles. The molecule has 0 bridgehead atoms. The molecule has 124 valence electrons. The molecule has 0 saturated carbocycles. The van der Waals surface area contributed by atoms with Crippen LogP contribution in [-0.4, -0.2) is 17.9 Å². The summed E-state index contributed by atoms with van der Waals surface area (Å²) in [6.45, 7) is 0.461. The van der Waals surface area contributed by atoms with Crippen molar-refractivity contribution < 1.29 is 9.53 Å². The Morgan fingerprint density at radius 3 is 2.68 bits per heavy atom. The van der Waals surface area contributed by atoms with Crippen molar-refractivity contribution in [2.24, 2.45) is 0 Å². The van der Waals surface area contributed by atoms with E-state index in [9.17, 15) is 4.79 Å².